The molecule has 2 amide bonds. The molecule has 66 valence electrons. The summed E-state index contributed by atoms with van der Waals surface area (Å²) in [6, 6.07) is 0. The van der Waals surface area contributed by atoms with Gasteiger partial charge in [0, 0.05) is 19.6 Å². The third-order valence-electron chi connectivity index (χ3n) is 2.70. The van der Waals surface area contributed by atoms with E-state index in [0.29, 0.717) is 19.6 Å². The molecule has 2 saturated heterocycles. The summed E-state index contributed by atoms with van der Waals surface area (Å²) < 4.78 is 0. The SMILES string of the molecule is CCN1C(=O)C2CNCC2C1=O. The van der Waals surface area contributed by atoms with Gasteiger partial charge in [-0.3, -0.25) is 14.5 Å². The molecule has 0 aromatic heterocycles. The van der Waals surface area contributed by atoms with Gasteiger partial charge in [0.05, 0.1) is 11.8 Å². The van der Waals surface area contributed by atoms with Crippen molar-refractivity contribution in [3.8, 4) is 0 Å². The maximum atomic E-state index is 11.5. The number of amides is 2. The molecule has 0 spiro atoms. The molecule has 0 saturated carbocycles. The van der Waals surface area contributed by atoms with Gasteiger partial charge in [0.1, 0.15) is 0 Å². The van der Waals surface area contributed by atoms with Crippen LogP contribution in [0, 0.1) is 11.8 Å². The summed E-state index contributed by atoms with van der Waals surface area (Å²) in [6.45, 7) is 3.70. The van der Waals surface area contributed by atoms with Gasteiger partial charge < -0.3 is 5.32 Å². The van der Waals surface area contributed by atoms with Crippen LogP contribution in [0.1, 0.15) is 6.92 Å². The second kappa shape index (κ2) is 2.55. The van der Waals surface area contributed by atoms with Crippen LogP contribution < -0.4 is 5.32 Å². The fourth-order valence-electron chi connectivity index (χ4n) is 2.02. The molecule has 12 heavy (non-hydrogen) atoms. The van der Waals surface area contributed by atoms with E-state index in [0.717, 1.165) is 0 Å². The highest BCUT2D eigenvalue weighted by atomic mass is 16.2. The average molecular weight is 168 g/mol. The van der Waals surface area contributed by atoms with E-state index in [2.05, 4.69) is 5.32 Å². The lowest BCUT2D eigenvalue weighted by atomic mass is 10.00. The lowest BCUT2D eigenvalue weighted by Gasteiger charge is -2.12. The number of nitrogens with one attached hydrogen (secondary N) is 1. The molecule has 0 radical (unpaired) electrons. The molecule has 0 bridgehead atoms. The van der Waals surface area contributed by atoms with Crippen molar-refractivity contribution in [1.82, 2.24) is 10.2 Å². The van der Waals surface area contributed by atoms with Crippen molar-refractivity contribution in [2.75, 3.05) is 19.6 Å². The topological polar surface area (TPSA) is 49.4 Å². The third-order valence-corrected chi connectivity index (χ3v) is 2.70. The predicted molar refractivity (Wildman–Crippen MR) is 42.2 cm³/mol. The average Bonchev–Trinajstić information content (AvgIpc) is 2.58. The van der Waals surface area contributed by atoms with E-state index in [1.54, 1.807) is 0 Å². The van der Waals surface area contributed by atoms with E-state index in [1.165, 1.54) is 4.90 Å². The molecule has 1 N–H and O–H groups in total. The second-order valence-electron chi connectivity index (χ2n) is 3.29. The van der Waals surface area contributed by atoms with Crippen LogP contribution >= 0.6 is 0 Å². The molecule has 4 heteroatoms. The Kier molecular flexibility index (Phi) is 1.65. The Bertz CT molecular complexity index is 217. The van der Waals surface area contributed by atoms with Crippen molar-refractivity contribution in [1.29, 1.82) is 0 Å². The first-order valence-electron chi connectivity index (χ1n) is 4.31. The smallest absolute Gasteiger partial charge is 0.234 e. The first-order valence-corrected chi connectivity index (χ1v) is 4.31. The van der Waals surface area contributed by atoms with Crippen LogP contribution in [0.3, 0.4) is 0 Å². The number of carbonyl (C=O) groups excluding carboxylic acids is 2. The van der Waals surface area contributed by atoms with Gasteiger partial charge in [-0.15, -0.1) is 0 Å². The zero-order valence-electron chi connectivity index (χ0n) is 7.04. The van der Waals surface area contributed by atoms with Crippen LogP contribution in [0.15, 0.2) is 0 Å². The molecule has 0 aromatic carbocycles. The second-order valence-corrected chi connectivity index (χ2v) is 3.29. The van der Waals surface area contributed by atoms with Crippen molar-refractivity contribution in [3.05, 3.63) is 0 Å². The molecule has 0 aromatic rings. The minimum atomic E-state index is -0.0718. The van der Waals surface area contributed by atoms with Gasteiger partial charge >= 0.3 is 0 Å². The van der Waals surface area contributed by atoms with E-state index >= 15 is 0 Å². The largest absolute Gasteiger partial charge is 0.315 e. The molecular formula is C8H12N2O2. The number of hydrogen-bond donors (Lipinski definition) is 1. The summed E-state index contributed by atoms with van der Waals surface area (Å²) in [5.74, 6) is -0.120. The summed E-state index contributed by atoms with van der Waals surface area (Å²) in [7, 11) is 0. The Labute approximate surface area is 70.9 Å². The fraction of sp³-hybridized carbons (Fsp3) is 0.750. The molecule has 2 heterocycles. The molecule has 2 atom stereocenters. The van der Waals surface area contributed by atoms with Gasteiger partial charge in [-0.25, -0.2) is 0 Å². The van der Waals surface area contributed by atoms with Gasteiger partial charge in [0.2, 0.25) is 11.8 Å². The minimum absolute atomic E-state index is 0.0116. The zero-order valence-corrected chi connectivity index (χ0v) is 7.04. The standard InChI is InChI=1S/C8H12N2O2/c1-2-10-7(11)5-3-9-4-6(5)8(10)12/h5-6,9H,2-4H2,1H3. The monoisotopic (exact) mass is 168 g/mol. The van der Waals surface area contributed by atoms with Gasteiger partial charge in [0.15, 0.2) is 0 Å². The Balaban J connectivity index is 2.25. The first-order chi connectivity index (χ1) is 5.75. The Hall–Kier alpha value is -0.900. The molecule has 4 nitrogen and oxygen atoms in total. The number of fused-ring (bicyclic) bond motifs is 1. The summed E-state index contributed by atoms with van der Waals surface area (Å²) in [5, 5.41) is 3.06. The first kappa shape index (κ1) is 7.73. The van der Waals surface area contributed by atoms with E-state index in [4.69, 9.17) is 0 Å². The van der Waals surface area contributed by atoms with Crippen molar-refractivity contribution in [2.45, 2.75) is 6.92 Å². The van der Waals surface area contributed by atoms with Gasteiger partial charge in [-0.05, 0) is 6.92 Å². The molecule has 2 aliphatic rings. The predicted octanol–water partition coefficient (Wildman–Crippen LogP) is -0.789. The number of likely N-dealkylation sites (tertiary alicyclic amines) is 1. The highest BCUT2D eigenvalue weighted by Gasteiger charge is 2.48. The van der Waals surface area contributed by atoms with Crippen molar-refractivity contribution < 1.29 is 9.59 Å². The van der Waals surface area contributed by atoms with Crippen LogP contribution in [0.4, 0.5) is 0 Å². The minimum Gasteiger partial charge on any atom is -0.315 e. The van der Waals surface area contributed by atoms with Crippen LogP contribution in [0.5, 0.6) is 0 Å². The molecule has 2 fully saturated rings. The molecular weight excluding hydrogens is 156 g/mol. The Morgan fingerprint density at radius 2 is 1.83 bits per heavy atom. The van der Waals surface area contributed by atoms with Gasteiger partial charge in [-0.2, -0.15) is 0 Å². The Morgan fingerprint density at radius 1 is 1.33 bits per heavy atom. The molecule has 2 rings (SSSR count). The summed E-state index contributed by atoms with van der Waals surface area (Å²) in [4.78, 5) is 24.4. The van der Waals surface area contributed by atoms with Crippen LogP contribution in [0.25, 0.3) is 0 Å². The lowest BCUT2D eigenvalue weighted by molar-refractivity contribution is -0.139. The van der Waals surface area contributed by atoms with Gasteiger partial charge in [0.25, 0.3) is 0 Å². The van der Waals surface area contributed by atoms with Crippen LogP contribution in [0.2, 0.25) is 0 Å². The molecule has 2 unspecified atom stereocenters. The highest BCUT2D eigenvalue weighted by molar-refractivity contribution is 6.05. The lowest BCUT2D eigenvalue weighted by Crippen LogP contribution is -2.34. The summed E-state index contributed by atoms with van der Waals surface area (Å²) in [6.07, 6.45) is 0. The van der Waals surface area contributed by atoms with Crippen LogP contribution in [-0.2, 0) is 9.59 Å². The fourth-order valence-corrected chi connectivity index (χ4v) is 2.02. The Morgan fingerprint density at radius 3 is 2.25 bits per heavy atom. The highest BCUT2D eigenvalue weighted by Crippen LogP contribution is 2.28. The van der Waals surface area contributed by atoms with E-state index in [1.807, 2.05) is 6.92 Å². The molecule has 2 aliphatic heterocycles. The number of imide groups is 1. The number of nitrogens with zero attached hydrogens (tertiary/aromatic N) is 1. The normalized spacial score (nSPS) is 34.6. The van der Waals surface area contributed by atoms with E-state index in [-0.39, 0.29) is 23.7 Å². The summed E-state index contributed by atoms with van der Waals surface area (Å²) in [5.41, 5.74) is 0. The maximum Gasteiger partial charge on any atom is 0.234 e. The van der Waals surface area contributed by atoms with Crippen LogP contribution in [-0.4, -0.2) is 36.3 Å². The maximum absolute atomic E-state index is 11.5. The quantitative estimate of drug-likeness (QED) is 0.522. The van der Waals surface area contributed by atoms with E-state index < -0.39 is 0 Å². The molecule has 0 aliphatic carbocycles. The zero-order chi connectivity index (χ0) is 8.72. The van der Waals surface area contributed by atoms with Crippen molar-refractivity contribution in [3.63, 3.8) is 0 Å². The van der Waals surface area contributed by atoms with Gasteiger partial charge in [-0.1, -0.05) is 0 Å². The van der Waals surface area contributed by atoms with Crippen molar-refractivity contribution in [2.24, 2.45) is 11.8 Å². The third kappa shape index (κ3) is 0.813. The number of hydrogen-bond acceptors (Lipinski definition) is 3. The number of carbonyl (C=O) groups is 2. The van der Waals surface area contributed by atoms with E-state index in [9.17, 15) is 9.59 Å². The summed E-state index contributed by atoms with van der Waals surface area (Å²) >= 11 is 0. The van der Waals surface area contributed by atoms with Crippen molar-refractivity contribution >= 4 is 11.8 Å². The number of rotatable bonds is 1.